The number of rotatable bonds is 4. The predicted molar refractivity (Wildman–Crippen MR) is 61.8 cm³/mol. The number of nitrogens with one attached hydrogen (secondary N) is 1. The maximum Gasteiger partial charge on any atom is 0.416 e. The molecule has 1 fully saturated rings. The fourth-order valence-electron chi connectivity index (χ4n) is 2.20. The first-order chi connectivity index (χ1) is 8.84. The van der Waals surface area contributed by atoms with Crippen LogP contribution in [-0.2, 0) is 12.7 Å². The molecule has 0 amide bonds. The predicted octanol–water partition coefficient (Wildman–Crippen LogP) is 2.71. The Kier molecular flexibility index (Phi) is 4.10. The van der Waals surface area contributed by atoms with Crippen LogP contribution in [0, 0.1) is 11.7 Å². The molecule has 1 saturated carbocycles. The fraction of sp³-hybridized carbons (Fsp3) is 0.538. The van der Waals surface area contributed by atoms with Crippen molar-refractivity contribution in [3.8, 4) is 0 Å². The van der Waals surface area contributed by atoms with E-state index in [4.69, 9.17) is 5.11 Å². The first kappa shape index (κ1) is 14.3. The molecule has 2 N–H and O–H groups in total. The third-order valence-electron chi connectivity index (χ3n) is 3.26. The molecule has 19 heavy (non-hydrogen) atoms. The minimum absolute atomic E-state index is 0.188. The third-order valence-corrected chi connectivity index (χ3v) is 3.26. The van der Waals surface area contributed by atoms with E-state index in [0.717, 1.165) is 12.1 Å². The van der Waals surface area contributed by atoms with Gasteiger partial charge in [-0.1, -0.05) is 0 Å². The highest BCUT2D eigenvalue weighted by Gasteiger charge is 2.31. The van der Waals surface area contributed by atoms with E-state index in [9.17, 15) is 17.6 Å². The van der Waals surface area contributed by atoms with E-state index >= 15 is 0 Å². The molecule has 1 aliphatic carbocycles. The Balaban J connectivity index is 1.91. The normalized spacial score (nSPS) is 23.2. The molecule has 0 radical (unpaired) electrons. The average molecular weight is 277 g/mol. The maximum atomic E-state index is 13.1. The van der Waals surface area contributed by atoms with Crippen LogP contribution in [0.5, 0.6) is 0 Å². The van der Waals surface area contributed by atoms with Crippen molar-refractivity contribution in [2.45, 2.75) is 31.7 Å². The molecule has 1 aliphatic rings. The van der Waals surface area contributed by atoms with Crippen molar-refractivity contribution < 1.29 is 22.7 Å². The van der Waals surface area contributed by atoms with Crippen LogP contribution in [0.2, 0.25) is 0 Å². The molecule has 1 aromatic rings. The lowest BCUT2D eigenvalue weighted by molar-refractivity contribution is -0.137. The Morgan fingerprint density at radius 2 is 1.89 bits per heavy atom. The lowest BCUT2D eigenvalue weighted by Crippen LogP contribution is -2.35. The number of benzene rings is 1. The Morgan fingerprint density at radius 3 is 2.47 bits per heavy atom. The summed E-state index contributed by atoms with van der Waals surface area (Å²) in [5, 5.41) is 12.1. The Hall–Kier alpha value is -1.14. The van der Waals surface area contributed by atoms with E-state index in [0.29, 0.717) is 31.4 Å². The summed E-state index contributed by atoms with van der Waals surface area (Å²) in [7, 11) is 0. The van der Waals surface area contributed by atoms with Gasteiger partial charge in [0.1, 0.15) is 5.82 Å². The highest BCUT2D eigenvalue weighted by Crippen LogP contribution is 2.30. The second-order valence-corrected chi connectivity index (χ2v) is 4.97. The van der Waals surface area contributed by atoms with Gasteiger partial charge < -0.3 is 10.4 Å². The van der Waals surface area contributed by atoms with Gasteiger partial charge in [0.05, 0.1) is 11.7 Å². The van der Waals surface area contributed by atoms with E-state index in [1.54, 1.807) is 0 Å². The van der Waals surface area contributed by atoms with Crippen molar-refractivity contribution in [1.29, 1.82) is 0 Å². The van der Waals surface area contributed by atoms with Crippen molar-refractivity contribution in [3.05, 3.63) is 35.1 Å². The zero-order valence-corrected chi connectivity index (χ0v) is 10.2. The van der Waals surface area contributed by atoms with Crippen molar-refractivity contribution in [3.63, 3.8) is 0 Å². The summed E-state index contributed by atoms with van der Waals surface area (Å²) in [4.78, 5) is 0. The van der Waals surface area contributed by atoms with Crippen LogP contribution < -0.4 is 5.32 Å². The number of hydrogen-bond donors (Lipinski definition) is 2. The van der Waals surface area contributed by atoms with Crippen molar-refractivity contribution in [1.82, 2.24) is 5.32 Å². The third kappa shape index (κ3) is 3.91. The monoisotopic (exact) mass is 277 g/mol. The molecule has 0 atom stereocenters. The van der Waals surface area contributed by atoms with E-state index in [2.05, 4.69) is 5.32 Å². The zero-order chi connectivity index (χ0) is 14.0. The summed E-state index contributed by atoms with van der Waals surface area (Å²) in [5.74, 6) is -0.531. The zero-order valence-electron chi connectivity index (χ0n) is 10.2. The summed E-state index contributed by atoms with van der Waals surface area (Å²) < 4.78 is 50.6. The Morgan fingerprint density at radius 1 is 1.21 bits per heavy atom. The largest absolute Gasteiger partial charge is 0.416 e. The van der Waals surface area contributed by atoms with Crippen LogP contribution in [0.15, 0.2) is 18.2 Å². The Labute approximate surface area is 108 Å². The molecule has 6 heteroatoms. The van der Waals surface area contributed by atoms with Gasteiger partial charge >= 0.3 is 6.18 Å². The summed E-state index contributed by atoms with van der Waals surface area (Å²) in [5.41, 5.74) is -0.699. The van der Waals surface area contributed by atoms with Crippen LogP contribution in [-0.4, -0.2) is 17.8 Å². The number of hydrogen-bond acceptors (Lipinski definition) is 2. The fourth-order valence-corrected chi connectivity index (χ4v) is 2.20. The van der Waals surface area contributed by atoms with Gasteiger partial charge in [-0.15, -0.1) is 0 Å². The highest BCUT2D eigenvalue weighted by molar-refractivity contribution is 5.26. The molecule has 0 saturated heterocycles. The van der Waals surface area contributed by atoms with Gasteiger partial charge in [-0.05, 0) is 49.1 Å². The molecule has 0 aromatic heterocycles. The first-order valence-electron chi connectivity index (χ1n) is 6.10. The molecule has 0 heterocycles. The van der Waals surface area contributed by atoms with Crippen LogP contribution in [0.1, 0.15) is 24.0 Å². The molecule has 0 bridgehead atoms. The van der Waals surface area contributed by atoms with Crippen molar-refractivity contribution in [2.75, 3.05) is 6.54 Å². The summed E-state index contributed by atoms with van der Waals surface area (Å²) in [6.07, 6.45) is -3.36. The smallest absolute Gasteiger partial charge is 0.393 e. The van der Waals surface area contributed by atoms with Gasteiger partial charge in [-0.25, -0.2) is 4.39 Å². The molecule has 106 valence electrons. The SMILES string of the molecule is OC1CC(CNCc2cc(F)cc(C(F)(F)F)c2)C1. The summed E-state index contributed by atoms with van der Waals surface area (Å²) in [6.45, 7) is 0.808. The number of halogens is 4. The maximum absolute atomic E-state index is 13.1. The van der Waals surface area contributed by atoms with Gasteiger partial charge in [0.25, 0.3) is 0 Å². The van der Waals surface area contributed by atoms with Crippen LogP contribution in [0.25, 0.3) is 0 Å². The number of aliphatic hydroxyl groups excluding tert-OH is 1. The van der Waals surface area contributed by atoms with Gasteiger partial charge in [-0.2, -0.15) is 13.2 Å². The van der Waals surface area contributed by atoms with Gasteiger partial charge in [0.2, 0.25) is 0 Å². The molecular formula is C13H15F4NO. The second-order valence-electron chi connectivity index (χ2n) is 4.97. The molecule has 2 rings (SSSR count). The quantitative estimate of drug-likeness (QED) is 0.829. The first-order valence-corrected chi connectivity index (χ1v) is 6.10. The average Bonchev–Trinajstić information content (AvgIpc) is 2.24. The number of aliphatic hydroxyl groups is 1. The molecule has 0 aliphatic heterocycles. The summed E-state index contributed by atoms with van der Waals surface area (Å²) >= 11 is 0. The van der Waals surface area contributed by atoms with Gasteiger partial charge in [-0.3, -0.25) is 0 Å². The minimum Gasteiger partial charge on any atom is -0.393 e. The van der Waals surface area contributed by atoms with E-state index in [-0.39, 0.29) is 18.2 Å². The Bertz CT molecular complexity index is 441. The van der Waals surface area contributed by atoms with Crippen LogP contribution in [0.3, 0.4) is 0 Å². The summed E-state index contributed by atoms with van der Waals surface area (Å²) in [6, 6.07) is 2.54. The van der Waals surface area contributed by atoms with Gasteiger partial charge in [0, 0.05) is 6.54 Å². The number of alkyl halides is 3. The topological polar surface area (TPSA) is 32.3 Å². The van der Waals surface area contributed by atoms with Gasteiger partial charge in [0.15, 0.2) is 0 Å². The highest BCUT2D eigenvalue weighted by atomic mass is 19.4. The van der Waals surface area contributed by atoms with E-state index in [1.165, 1.54) is 0 Å². The second kappa shape index (κ2) is 5.46. The lowest BCUT2D eigenvalue weighted by atomic mass is 9.82. The van der Waals surface area contributed by atoms with E-state index in [1.807, 2.05) is 0 Å². The molecule has 0 unspecified atom stereocenters. The minimum atomic E-state index is -4.53. The molecule has 1 aromatic carbocycles. The van der Waals surface area contributed by atoms with E-state index < -0.39 is 17.6 Å². The molecule has 0 spiro atoms. The molecule has 2 nitrogen and oxygen atoms in total. The molecular weight excluding hydrogens is 262 g/mol. The standard InChI is InChI=1S/C13H15F4NO/c14-11-2-8(1-10(5-11)13(15,16)17)6-18-7-9-3-12(19)4-9/h1-2,5,9,12,18-19H,3-4,6-7H2. The van der Waals surface area contributed by atoms with Crippen LogP contribution >= 0.6 is 0 Å². The van der Waals surface area contributed by atoms with Crippen molar-refractivity contribution in [2.24, 2.45) is 5.92 Å². The van der Waals surface area contributed by atoms with Crippen molar-refractivity contribution >= 4 is 0 Å². The lowest BCUT2D eigenvalue weighted by Gasteiger charge is -2.31. The van der Waals surface area contributed by atoms with Crippen LogP contribution in [0.4, 0.5) is 17.6 Å².